The fourth-order valence-electron chi connectivity index (χ4n) is 2.80. The number of carbonyl (C=O) groups excluding carboxylic acids is 2. The zero-order valence-electron chi connectivity index (χ0n) is 14.4. The third kappa shape index (κ3) is 3.72. The highest BCUT2D eigenvalue weighted by molar-refractivity contribution is 6.30. The minimum Gasteiger partial charge on any atom is -0.497 e. The van der Waals surface area contributed by atoms with Crippen LogP contribution in [0.4, 0.5) is 11.5 Å². The minimum atomic E-state index is -0.480. The fraction of sp³-hybridized carbons (Fsp3) is 0.278. The van der Waals surface area contributed by atoms with Crippen LogP contribution >= 0.6 is 11.6 Å². The highest BCUT2D eigenvalue weighted by atomic mass is 35.5. The first-order valence-electron chi connectivity index (χ1n) is 7.96. The highest BCUT2D eigenvalue weighted by Gasteiger charge is 2.36. The molecule has 2 amide bonds. The van der Waals surface area contributed by atoms with E-state index in [1.165, 1.54) is 13.3 Å². The zero-order valence-corrected chi connectivity index (χ0v) is 15.1. The van der Waals surface area contributed by atoms with Gasteiger partial charge in [-0.1, -0.05) is 11.6 Å². The van der Waals surface area contributed by atoms with Crippen molar-refractivity contribution in [3.8, 4) is 11.5 Å². The van der Waals surface area contributed by atoms with Crippen LogP contribution in [-0.2, 0) is 9.59 Å². The van der Waals surface area contributed by atoms with Crippen molar-refractivity contribution >= 4 is 34.9 Å². The van der Waals surface area contributed by atoms with Crippen LogP contribution in [0.25, 0.3) is 0 Å². The topological polar surface area (TPSA) is 80.8 Å². The van der Waals surface area contributed by atoms with Crippen molar-refractivity contribution in [3.63, 3.8) is 0 Å². The van der Waals surface area contributed by atoms with E-state index in [4.69, 9.17) is 21.1 Å². The molecule has 0 saturated carbocycles. The molecule has 1 aromatic heterocycles. The minimum absolute atomic E-state index is 0.120. The average molecular weight is 376 g/mol. The van der Waals surface area contributed by atoms with E-state index in [9.17, 15) is 9.59 Å². The molecule has 0 aliphatic carbocycles. The van der Waals surface area contributed by atoms with Gasteiger partial charge in [-0.2, -0.15) is 0 Å². The summed E-state index contributed by atoms with van der Waals surface area (Å²) >= 11 is 5.78. The summed E-state index contributed by atoms with van der Waals surface area (Å²) in [5, 5.41) is 3.19. The molecule has 2 aromatic rings. The summed E-state index contributed by atoms with van der Waals surface area (Å²) in [6, 6.07) is 8.44. The maximum absolute atomic E-state index is 12.5. The number of halogens is 1. The Hall–Kier alpha value is -2.80. The molecular weight excluding hydrogens is 358 g/mol. The number of nitrogens with zero attached hydrogens (tertiary/aromatic N) is 2. The van der Waals surface area contributed by atoms with Crippen molar-refractivity contribution in [1.82, 2.24) is 4.98 Å². The van der Waals surface area contributed by atoms with E-state index in [-0.39, 0.29) is 24.8 Å². The fourth-order valence-corrected chi connectivity index (χ4v) is 2.91. The van der Waals surface area contributed by atoms with Crippen molar-refractivity contribution in [2.24, 2.45) is 5.92 Å². The molecule has 136 valence electrons. The van der Waals surface area contributed by atoms with Crippen molar-refractivity contribution in [2.45, 2.75) is 6.42 Å². The Balaban J connectivity index is 1.74. The lowest BCUT2D eigenvalue weighted by Gasteiger charge is -2.20. The predicted molar refractivity (Wildman–Crippen MR) is 97.9 cm³/mol. The second-order valence-corrected chi connectivity index (χ2v) is 6.23. The Morgan fingerprint density at radius 1 is 1.27 bits per heavy atom. The smallest absolute Gasteiger partial charge is 0.230 e. The number of rotatable bonds is 5. The van der Waals surface area contributed by atoms with Crippen LogP contribution in [0.2, 0.25) is 5.02 Å². The van der Waals surface area contributed by atoms with Crippen LogP contribution in [0.1, 0.15) is 6.42 Å². The molecule has 0 spiro atoms. The summed E-state index contributed by atoms with van der Waals surface area (Å²) in [7, 11) is 3.08. The Morgan fingerprint density at radius 3 is 2.73 bits per heavy atom. The molecule has 0 radical (unpaired) electrons. The quantitative estimate of drug-likeness (QED) is 0.869. The van der Waals surface area contributed by atoms with Crippen LogP contribution in [-0.4, -0.2) is 37.6 Å². The van der Waals surface area contributed by atoms with Gasteiger partial charge in [0.05, 0.1) is 30.8 Å². The number of methoxy groups -OCH3 is 2. The van der Waals surface area contributed by atoms with E-state index < -0.39 is 5.92 Å². The number of nitrogens with one attached hydrogen (secondary N) is 1. The predicted octanol–water partition coefficient (Wildman–Crippen LogP) is 2.74. The zero-order chi connectivity index (χ0) is 18.7. The van der Waals surface area contributed by atoms with Gasteiger partial charge in [0, 0.05) is 25.2 Å². The number of pyridine rings is 1. The lowest BCUT2D eigenvalue weighted by Crippen LogP contribution is -2.28. The highest BCUT2D eigenvalue weighted by Crippen LogP contribution is 2.36. The van der Waals surface area contributed by atoms with Gasteiger partial charge in [0.25, 0.3) is 0 Å². The van der Waals surface area contributed by atoms with Crippen LogP contribution in [0.3, 0.4) is 0 Å². The van der Waals surface area contributed by atoms with Crippen molar-refractivity contribution in [2.75, 3.05) is 31.0 Å². The SMILES string of the molecule is COc1ccc(N2C[C@@H](C(=O)Nc3ccc(Cl)cn3)CC2=O)c(OC)c1. The Labute approximate surface area is 155 Å². The first kappa shape index (κ1) is 18.0. The molecule has 2 heterocycles. The summed E-state index contributed by atoms with van der Waals surface area (Å²) in [6.45, 7) is 0.265. The first-order valence-corrected chi connectivity index (χ1v) is 8.34. The number of aromatic nitrogens is 1. The average Bonchev–Trinajstić information content (AvgIpc) is 3.04. The lowest BCUT2D eigenvalue weighted by atomic mass is 10.1. The van der Waals surface area contributed by atoms with E-state index in [1.54, 1.807) is 42.3 Å². The standard InChI is InChI=1S/C18H18ClN3O4/c1-25-13-4-5-14(15(8-13)26-2)22-10-11(7-17(22)23)18(24)21-16-6-3-12(19)9-20-16/h3-6,8-9,11H,7,10H2,1-2H3,(H,20,21,24)/t11-/m0/s1. The number of hydrogen-bond donors (Lipinski definition) is 1. The van der Waals surface area contributed by atoms with Crippen LogP contribution < -0.4 is 19.7 Å². The molecule has 26 heavy (non-hydrogen) atoms. The third-order valence-corrected chi connectivity index (χ3v) is 4.38. The Morgan fingerprint density at radius 2 is 2.08 bits per heavy atom. The van der Waals surface area contributed by atoms with E-state index in [2.05, 4.69) is 10.3 Å². The number of ether oxygens (including phenoxy) is 2. The lowest BCUT2D eigenvalue weighted by molar-refractivity contribution is -0.122. The molecule has 1 aromatic carbocycles. The van der Waals surface area contributed by atoms with E-state index >= 15 is 0 Å². The third-order valence-electron chi connectivity index (χ3n) is 4.15. The van der Waals surface area contributed by atoms with E-state index in [0.717, 1.165) is 0 Å². The molecule has 0 unspecified atom stereocenters. The van der Waals surface area contributed by atoms with Gasteiger partial charge in [0.2, 0.25) is 11.8 Å². The number of carbonyl (C=O) groups is 2. The monoisotopic (exact) mass is 375 g/mol. The molecule has 1 aliphatic heterocycles. The van der Waals surface area contributed by atoms with Gasteiger partial charge in [-0.15, -0.1) is 0 Å². The Bertz CT molecular complexity index is 826. The molecule has 1 atom stereocenters. The number of hydrogen-bond acceptors (Lipinski definition) is 5. The summed E-state index contributed by atoms with van der Waals surface area (Å²) < 4.78 is 10.5. The van der Waals surface area contributed by atoms with Crippen LogP contribution in [0.15, 0.2) is 36.5 Å². The van der Waals surface area contributed by atoms with Gasteiger partial charge in [-0.3, -0.25) is 9.59 Å². The maximum Gasteiger partial charge on any atom is 0.230 e. The van der Waals surface area contributed by atoms with Crippen molar-refractivity contribution < 1.29 is 19.1 Å². The molecule has 7 nitrogen and oxygen atoms in total. The van der Waals surface area contributed by atoms with Gasteiger partial charge >= 0.3 is 0 Å². The van der Waals surface area contributed by atoms with Crippen LogP contribution in [0, 0.1) is 5.92 Å². The van der Waals surface area contributed by atoms with E-state index in [0.29, 0.717) is 28.0 Å². The summed E-state index contributed by atoms with van der Waals surface area (Å²) in [4.78, 5) is 30.5. The number of benzene rings is 1. The van der Waals surface area contributed by atoms with Gasteiger partial charge < -0.3 is 19.7 Å². The Kier molecular flexibility index (Phi) is 5.27. The molecular formula is C18H18ClN3O4. The number of anilines is 2. The molecule has 0 bridgehead atoms. The molecule has 3 rings (SSSR count). The summed E-state index contributed by atoms with van der Waals surface area (Å²) in [5.41, 5.74) is 0.609. The van der Waals surface area contributed by atoms with Gasteiger partial charge in [-0.25, -0.2) is 4.98 Å². The molecule has 1 fully saturated rings. The van der Waals surface area contributed by atoms with Gasteiger partial charge in [0.1, 0.15) is 17.3 Å². The van der Waals surface area contributed by atoms with Gasteiger partial charge in [0.15, 0.2) is 0 Å². The molecule has 1 N–H and O–H groups in total. The van der Waals surface area contributed by atoms with Gasteiger partial charge in [-0.05, 0) is 24.3 Å². The number of amides is 2. The normalized spacial score (nSPS) is 16.5. The van der Waals surface area contributed by atoms with Crippen LogP contribution in [0.5, 0.6) is 11.5 Å². The second kappa shape index (κ2) is 7.61. The summed E-state index contributed by atoms with van der Waals surface area (Å²) in [6.07, 6.45) is 1.57. The van der Waals surface area contributed by atoms with E-state index in [1.807, 2.05) is 0 Å². The first-order chi connectivity index (χ1) is 12.5. The maximum atomic E-state index is 12.5. The van der Waals surface area contributed by atoms with Crippen molar-refractivity contribution in [3.05, 3.63) is 41.6 Å². The largest absolute Gasteiger partial charge is 0.497 e. The van der Waals surface area contributed by atoms with Crippen molar-refractivity contribution in [1.29, 1.82) is 0 Å². The molecule has 1 saturated heterocycles. The molecule has 8 heteroatoms. The summed E-state index contributed by atoms with van der Waals surface area (Å²) in [5.74, 6) is 0.651. The molecule has 1 aliphatic rings. The second-order valence-electron chi connectivity index (χ2n) is 5.79.